The number of rotatable bonds is 3. The normalized spacial score (nSPS) is 23.8. The third-order valence-electron chi connectivity index (χ3n) is 3.64. The Hall–Kier alpha value is -0.820. The molecule has 2 unspecified atom stereocenters. The summed E-state index contributed by atoms with van der Waals surface area (Å²) in [5.74, 6) is 1.45. The van der Waals surface area contributed by atoms with Crippen LogP contribution in [0, 0.1) is 5.92 Å². The average Bonchev–Trinajstić information content (AvgIpc) is 2.54. The summed E-state index contributed by atoms with van der Waals surface area (Å²) in [6.45, 7) is 6.90. The fourth-order valence-corrected chi connectivity index (χ4v) is 2.85. The molecule has 2 atom stereocenters. The zero-order chi connectivity index (χ0) is 11.7. The number of hydrogen-bond acceptors (Lipinski definition) is 1. The largest absolute Gasteiger partial charge is 0.313 e. The van der Waals surface area contributed by atoms with Crippen LogP contribution in [0.5, 0.6) is 0 Å². The van der Waals surface area contributed by atoms with Gasteiger partial charge in [0.2, 0.25) is 0 Å². The van der Waals surface area contributed by atoms with Crippen LogP contribution in [0.1, 0.15) is 55.8 Å². The predicted octanol–water partition coefficient (Wildman–Crippen LogP) is 3.65. The first-order valence-electron chi connectivity index (χ1n) is 6.41. The third-order valence-corrected chi connectivity index (χ3v) is 3.64. The minimum Gasteiger partial charge on any atom is -0.313 e. The van der Waals surface area contributed by atoms with E-state index in [2.05, 4.69) is 51.3 Å². The molecule has 1 heteroatoms. The maximum Gasteiger partial charge on any atom is 0.0326 e. The maximum absolute atomic E-state index is 3.43. The number of benzene rings is 1. The van der Waals surface area contributed by atoms with E-state index in [1.54, 1.807) is 5.56 Å². The molecule has 0 saturated heterocycles. The summed E-state index contributed by atoms with van der Waals surface area (Å²) in [7, 11) is 2.07. The van der Waals surface area contributed by atoms with E-state index in [0.29, 0.717) is 12.0 Å². The van der Waals surface area contributed by atoms with Crippen molar-refractivity contribution < 1.29 is 0 Å². The Morgan fingerprint density at radius 3 is 2.69 bits per heavy atom. The van der Waals surface area contributed by atoms with Crippen molar-refractivity contribution in [1.29, 1.82) is 0 Å². The summed E-state index contributed by atoms with van der Waals surface area (Å²) in [6, 6.07) is 7.64. The van der Waals surface area contributed by atoms with Gasteiger partial charge in [-0.25, -0.2) is 0 Å². The predicted molar refractivity (Wildman–Crippen MR) is 69.8 cm³/mol. The first-order chi connectivity index (χ1) is 7.61. The summed E-state index contributed by atoms with van der Waals surface area (Å²) in [5.41, 5.74) is 4.57. The van der Waals surface area contributed by atoms with Gasteiger partial charge in [0, 0.05) is 6.04 Å². The van der Waals surface area contributed by atoms with Gasteiger partial charge < -0.3 is 5.32 Å². The van der Waals surface area contributed by atoms with Crippen LogP contribution in [0.15, 0.2) is 18.2 Å². The molecule has 16 heavy (non-hydrogen) atoms. The van der Waals surface area contributed by atoms with E-state index in [0.717, 1.165) is 5.92 Å². The van der Waals surface area contributed by atoms with E-state index in [9.17, 15) is 0 Å². The highest BCUT2D eigenvalue weighted by Crippen LogP contribution is 2.40. The molecule has 1 N–H and O–H groups in total. The molecule has 0 amide bonds. The highest BCUT2D eigenvalue weighted by molar-refractivity contribution is 5.40. The standard InChI is InChI=1S/C15H23N/c1-10(2)7-12-5-6-13-11(3)8-15(16-4)14(13)9-12/h5-6,9-11,15-16H,7-8H2,1-4H3. The van der Waals surface area contributed by atoms with Crippen molar-refractivity contribution in [3.05, 3.63) is 34.9 Å². The van der Waals surface area contributed by atoms with E-state index >= 15 is 0 Å². The highest BCUT2D eigenvalue weighted by Gasteiger charge is 2.26. The van der Waals surface area contributed by atoms with E-state index in [-0.39, 0.29) is 0 Å². The van der Waals surface area contributed by atoms with Crippen LogP contribution in [0.3, 0.4) is 0 Å². The molecule has 0 fully saturated rings. The zero-order valence-corrected chi connectivity index (χ0v) is 10.9. The minimum atomic E-state index is 0.567. The van der Waals surface area contributed by atoms with E-state index in [1.807, 2.05) is 0 Å². The topological polar surface area (TPSA) is 12.0 Å². The van der Waals surface area contributed by atoms with Crippen LogP contribution < -0.4 is 5.32 Å². The van der Waals surface area contributed by atoms with Gasteiger partial charge in [0.05, 0.1) is 0 Å². The monoisotopic (exact) mass is 217 g/mol. The molecule has 1 aliphatic rings. The fourth-order valence-electron chi connectivity index (χ4n) is 2.85. The molecule has 0 bridgehead atoms. The second-order valence-electron chi connectivity index (χ2n) is 5.54. The fraction of sp³-hybridized carbons (Fsp3) is 0.600. The summed E-state index contributed by atoms with van der Waals surface area (Å²) in [6.07, 6.45) is 2.44. The van der Waals surface area contributed by atoms with Gasteiger partial charge in [0.1, 0.15) is 0 Å². The van der Waals surface area contributed by atoms with Crippen LogP contribution in [0.25, 0.3) is 0 Å². The maximum atomic E-state index is 3.43. The Morgan fingerprint density at radius 2 is 2.06 bits per heavy atom. The molecule has 88 valence electrons. The molecule has 1 nitrogen and oxygen atoms in total. The van der Waals surface area contributed by atoms with Gasteiger partial charge in [0.25, 0.3) is 0 Å². The van der Waals surface area contributed by atoms with Crippen LogP contribution >= 0.6 is 0 Å². The molecule has 0 radical (unpaired) electrons. The van der Waals surface area contributed by atoms with Gasteiger partial charge in [-0.3, -0.25) is 0 Å². The molecule has 0 aliphatic heterocycles. The van der Waals surface area contributed by atoms with Crippen molar-refractivity contribution in [3.8, 4) is 0 Å². The Bertz CT molecular complexity index is 368. The summed E-state index contributed by atoms with van der Waals surface area (Å²) < 4.78 is 0. The Labute approximate surface area is 99.3 Å². The van der Waals surface area contributed by atoms with Crippen LogP contribution in [-0.2, 0) is 6.42 Å². The average molecular weight is 217 g/mol. The second-order valence-corrected chi connectivity index (χ2v) is 5.54. The molecule has 1 aromatic rings. The SMILES string of the molecule is CNC1CC(C)c2ccc(CC(C)C)cc21. The quantitative estimate of drug-likeness (QED) is 0.815. The highest BCUT2D eigenvalue weighted by atomic mass is 14.9. The van der Waals surface area contributed by atoms with E-state index in [1.165, 1.54) is 24.0 Å². The van der Waals surface area contributed by atoms with Gasteiger partial charge in [-0.1, -0.05) is 39.0 Å². The number of hydrogen-bond donors (Lipinski definition) is 1. The minimum absolute atomic E-state index is 0.567. The first-order valence-corrected chi connectivity index (χ1v) is 6.41. The van der Waals surface area contributed by atoms with Gasteiger partial charge in [0.15, 0.2) is 0 Å². The van der Waals surface area contributed by atoms with Crippen LogP contribution in [0.2, 0.25) is 0 Å². The second kappa shape index (κ2) is 4.58. The summed E-state index contributed by atoms with van der Waals surface area (Å²) >= 11 is 0. The Morgan fingerprint density at radius 1 is 1.31 bits per heavy atom. The molecule has 1 aromatic carbocycles. The van der Waals surface area contributed by atoms with Crippen molar-refractivity contribution in [1.82, 2.24) is 5.32 Å². The molecule has 0 heterocycles. The molecule has 0 saturated carbocycles. The van der Waals surface area contributed by atoms with Gasteiger partial charge in [-0.2, -0.15) is 0 Å². The molecule has 0 aromatic heterocycles. The van der Waals surface area contributed by atoms with Crippen molar-refractivity contribution in [3.63, 3.8) is 0 Å². The number of fused-ring (bicyclic) bond motifs is 1. The summed E-state index contributed by atoms with van der Waals surface area (Å²) in [4.78, 5) is 0. The molecule has 1 aliphatic carbocycles. The van der Waals surface area contributed by atoms with Crippen LogP contribution in [-0.4, -0.2) is 7.05 Å². The lowest BCUT2D eigenvalue weighted by Gasteiger charge is -2.12. The molecule has 0 spiro atoms. The molecule has 2 rings (SSSR count). The van der Waals surface area contributed by atoms with Crippen LogP contribution in [0.4, 0.5) is 0 Å². The van der Waals surface area contributed by atoms with Crippen molar-refractivity contribution in [2.45, 2.75) is 45.6 Å². The number of nitrogens with one attached hydrogen (secondary N) is 1. The van der Waals surface area contributed by atoms with Gasteiger partial charge >= 0.3 is 0 Å². The van der Waals surface area contributed by atoms with Crippen molar-refractivity contribution >= 4 is 0 Å². The molecular formula is C15H23N. The lowest BCUT2D eigenvalue weighted by Crippen LogP contribution is -2.13. The first kappa shape index (κ1) is 11.7. The van der Waals surface area contributed by atoms with Crippen molar-refractivity contribution in [2.75, 3.05) is 7.05 Å². The summed E-state index contributed by atoms with van der Waals surface area (Å²) in [5, 5.41) is 3.43. The molecular weight excluding hydrogens is 194 g/mol. The Balaban J connectivity index is 2.30. The third kappa shape index (κ3) is 2.15. The van der Waals surface area contributed by atoms with Gasteiger partial charge in [-0.05, 0) is 48.4 Å². The lowest BCUT2D eigenvalue weighted by molar-refractivity contribution is 0.552. The van der Waals surface area contributed by atoms with E-state index in [4.69, 9.17) is 0 Å². The Kier molecular flexibility index (Phi) is 3.34. The lowest BCUT2D eigenvalue weighted by atomic mass is 9.97. The van der Waals surface area contributed by atoms with Crippen molar-refractivity contribution in [2.24, 2.45) is 5.92 Å². The zero-order valence-electron chi connectivity index (χ0n) is 10.9. The van der Waals surface area contributed by atoms with Gasteiger partial charge in [-0.15, -0.1) is 0 Å². The van der Waals surface area contributed by atoms with E-state index < -0.39 is 0 Å². The smallest absolute Gasteiger partial charge is 0.0326 e.